The summed E-state index contributed by atoms with van der Waals surface area (Å²) in [6, 6.07) is 8.78. The summed E-state index contributed by atoms with van der Waals surface area (Å²) in [7, 11) is 1.35. The predicted octanol–water partition coefficient (Wildman–Crippen LogP) is 3.61. The molecule has 1 aliphatic rings. The van der Waals surface area contributed by atoms with Crippen molar-refractivity contribution in [3.05, 3.63) is 70.3 Å². The lowest BCUT2D eigenvalue weighted by Crippen LogP contribution is -2.46. The average molecular weight is 386 g/mol. The highest BCUT2D eigenvalue weighted by Crippen LogP contribution is 2.31. The minimum atomic E-state index is -0.550. The predicted molar refractivity (Wildman–Crippen MR) is 104 cm³/mol. The number of nitrogens with one attached hydrogen (secondary N) is 2. The van der Waals surface area contributed by atoms with Crippen LogP contribution in [0.25, 0.3) is 0 Å². The zero-order valence-corrected chi connectivity index (χ0v) is 16.3. The van der Waals surface area contributed by atoms with Crippen LogP contribution in [-0.4, -0.2) is 24.9 Å². The maximum atomic E-state index is 12.5. The summed E-state index contributed by atoms with van der Waals surface area (Å²) < 4.78 is 10.3. The maximum Gasteiger partial charge on any atom is 0.338 e. The van der Waals surface area contributed by atoms with Crippen LogP contribution in [0.2, 0.25) is 0 Å². The molecule has 1 unspecified atom stereocenters. The number of esters is 1. The molecule has 2 heterocycles. The molecule has 1 atom stereocenters. The number of furan rings is 1. The highest BCUT2D eigenvalue weighted by atomic mass is 32.2. The van der Waals surface area contributed by atoms with E-state index in [1.165, 1.54) is 7.11 Å². The Labute approximate surface area is 162 Å². The van der Waals surface area contributed by atoms with Crippen molar-refractivity contribution in [2.45, 2.75) is 25.6 Å². The number of benzene rings is 1. The minimum absolute atomic E-state index is 0.332. The van der Waals surface area contributed by atoms with Crippen molar-refractivity contribution < 1.29 is 18.7 Å². The average Bonchev–Trinajstić information content (AvgIpc) is 3.14. The number of hydrogen-bond donors (Lipinski definition) is 2. The monoisotopic (exact) mass is 386 g/mol. The Kier molecular flexibility index (Phi) is 5.91. The van der Waals surface area contributed by atoms with Crippen molar-refractivity contribution in [3.8, 4) is 0 Å². The number of rotatable bonds is 6. The number of thioether (sulfide) groups is 1. The van der Waals surface area contributed by atoms with Crippen LogP contribution in [0.4, 0.5) is 4.79 Å². The first-order valence-corrected chi connectivity index (χ1v) is 9.71. The van der Waals surface area contributed by atoms with Gasteiger partial charge < -0.3 is 19.8 Å². The quantitative estimate of drug-likeness (QED) is 0.742. The van der Waals surface area contributed by atoms with E-state index in [1.807, 2.05) is 44.2 Å². The van der Waals surface area contributed by atoms with E-state index >= 15 is 0 Å². The van der Waals surface area contributed by atoms with Gasteiger partial charge in [0.1, 0.15) is 5.76 Å². The molecule has 0 saturated heterocycles. The number of ether oxygens (including phenoxy) is 1. The summed E-state index contributed by atoms with van der Waals surface area (Å²) in [5.74, 6) is 1.48. The topological polar surface area (TPSA) is 80.6 Å². The van der Waals surface area contributed by atoms with Crippen LogP contribution >= 0.6 is 11.8 Å². The number of aryl methyl sites for hydroxylation is 2. The standard InChI is InChI=1S/C20H22N2O4S/c1-12-6-7-15(13(2)9-12)18-17(19(23)25-3)16(21-20(24)22-18)11-27-10-14-5-4-8-26-14/h4-9,18H,10-11H2,1-3H3,(H2,21,22,24). The van der Waals surface area contributed by atoms with Crippen molar-refractivity contribution in [3.63, 3.8) is 0 Å². The molecule has 2 aromatic rings. The first kappa shape index (κ1) is 19.1. The largest absolute Gasteiger partial charge is 0.468 e. The van der Waals surface area contributed by atoms with Gasteiger partial charge in [-0.1, -0.05) is 23.8 Å². The van der Waals surface area contributed by atoms with Gasteiger partial charge in [0, 0.05) is 11.4 Å². The molecule has 27 heavy (non-hydrogen) atoms. The number of methoxy groups -OCH3 is 1. The highest BCUT2D eigenvalue weighted by Gasteiger charge is 2.34. The lowest BCUT2D eigenvalue weighted by molar-refractivity contribution is -0.136. The van der Waals surface area contributed by atoms with Crippen molar-refractivity contribution in [2.24, 2.45) is 0 Å². The van der Waals surface area contributed by atoms with Gasteiger partial charge in [-0.25, -0.2) is 9.59 Å². The van der Waals surface area contributed by atoms with Gasteiger partial charge in [0.25, 0.3) is 0 Å². The molecule has 1 aromatic heterocycles. The van der Waals surface area contributed by atoms with Crippen LogP contribution in [0.5, 0.6) is 0 Å². The molecule has 1 aliphatic heterocycles. The molecule has 1 aromatic carbocycles. The molecule has 142 valence electrons. The van der Waals surface area contributed by atoms with Crippen LogP contribution in [0, 0.1) is 13.8 Å². The first-order valence-electron chi connectivity index (χ1n) is 8.55. The van der Waals surface area contributed by atoms with Gasteiger partial charge in [0.2, 0.25) is 0 Å². The Morgan fingerprint density at radius 1 is 1.26 bits per heavy atom. The zero-order valence-electron chi connectivity index (χ0n) is 15.5. The molecule has 0 saturated carbocycles. The third-order valence-electron chi connectivity index (χ3n) is 4.37. The Morgan fingerprint density at radius 3 is 2.74 bits per heavy atom. The van der Waals surface area contributed by atoms with Gasteiger partial charge >= 0.3 is 12.0 Å². The van der Waals surface area contributed by atoms with Crippen LogP contribution in [0.3, 0.4) is 0 Å². The Bertz CT molecular complexity index is 874. The molecule has 0 bridgehead atoms. The fourth-order valence-corrected chi connectivity index (χ4v) is 4.01. The molecular formula is C20H22N2O4S. The number of urea groups is 1. The van der Waals surface area contributed by atoms with Crippen LogP contribution in [-0.2, 0) is 15.3 Å². The Morgan fingerprint density at radius 2 is 2.07 bits per heavy atom. The lowest BCUT2D eigenvalue weighted by Gasteiger charge is -2.30. The maximum absolute atomic E-state index is 12.5. The van der Waals surface area contributed by atoms with Gasteiger partial charge in [-0.15, -0.1) is 11.8 Å². The van der Waals surface area contributed by atoms with Crippen molar-refractivity contribution in [1.82, 2.24) is 10.6 Å². The van der Waals surface area contributed by atoms with Crippen molar-refractivity contribution in [1.29, 1.82) is 0 Å². The van der Waals surface area contributed by atoms with Gasteiger partial charge in [0.05, 0.1) is 30.7 Å². The van der Waals surface area contributed by atoms with E-state index in [0.717, 1.165) is 22.5 Å². The third kappa shape index (κ3) is 4.36. The fraction of sp³-hybridized carbons (Fsp3) is 0.300. The molecule has 3 rings (SSSR count). The second kappa shape index (κ2) is 8.35. The van der Waals surface area contributed by atoms with Crippen molar-refractivity contribution in [2.75, 3.05) is 12.9 Å². The molecule has 7 heteroatoms. The molecule has 0 aliphatic carbocycles. The third-order valence-corrected chi connectivity index (χ3v) is 5.35. The van der Waals surface area contributed by atoms with E-state index in [1.54, 1.807) is 18.0 Å². The summed E-state index contributed by atoms with van der Waals surface area (Å²) in [5.41, 5.74) is 3.99. The molecule has 2 amide bonds. The van der Waals surface area contributed by atoms with Crippen LogP contribution < -0.4 is 10.6 Å². The summed E-state index contributed by atoms with van der Waals surface area (Å²) in [5, 5.41) is 5.63. The molecule has 0 radical (unpaired) electrons. The van der Waals surface area contributed by atoms with E-state index in [0.29, 0.717) is 22.8 Å². The van der Waals surface area contributed by atoms with E-state index < -0.39 is 12.0 Å². The normalized spacial score (nSPS) is 16.7. The number of carbonyl (C=O) groups is 2. The van der Waals surface area contributed by atoms with Gasteiger partial charge in [-0.05, 0) is 37.1 Å². The Balaban J connectivity index is 1.92. The lowest BCUT2D eigenvalue weighted by atomic mass is 9.91. The second-order valence-corrected chi connectivity index (χ2v) is 7.33. The van der Waals surface area contributed by atoms with E-state index in [2.05, 4.69) is 10.6 Å². The number of hydrogen-bond acceptors (Lipinski definition) is 5. The number of carbonyl (C=O) groups excluding carboxylic acids is 2. The minimum Gasteiger partial charge on any atom is -0.468 e. The SMILES string of the molecule is COC(=O)C1=C(CSCc2ccco2)NC(=O)NC1c1ccc(C)cc1C. The van der Waals surface area contributed by atoms with E-state index in [4.69, 9.17) is 9.15 Å². The van der Waals surface area contributed by atoms with Crippen LogP contribution in [0.1, 0.15) is 28.5 Å². The molecule has 0 fully saturated rings. The second-order valence-electron chi connectivity index (χ2n) is 6.35. The summed E-state index contributed by atoms with van der Waals surface area (Å²) in [6.07, 6.45) is 1.62. The van der Waals surface area contributed by atoms with E-state index in [-0.39, 0.29) is 6.03 Å². The van der Waals surface area contributed by atoms with Gasteiger partial charge in [0.15, 0.2) is 0 Å². The van der Waals surface area contributed by atoms with Crippen molar-refractivity contribution >= 4 is 23.8 Å². The first-order chi connectivity index (χ1) is 13.0. The summed E-state index contributed by atoms with van der Waals surface area (Å²) in [6.45, 7) is 3.97. The molecule has 2 N–H and O–H groups in total. The molecular weight excluding hydrogens is 364 g/mol. The zero-order chi connectivity index (χ0) is 19.4. The summed E-state index contributed by atoms with van der Waals surface area (Å²) >= 11 is 1.55. The molecule has 6 nitrogen and oxygen atoms in total. The van der Waals surface area contributed by atoms with Crippen LogP contribution in [0.15, 0.2) is 52.3 Å². The molecule has 0 spiro atoms. The highest BCUT2D eigenvalue weighted by molar-refractivity contribution is 7.98. The van der Waals surface area contributed by atoms with E-state index in [9.17, 15) is 9.59 Å². The Hall–Kier alpha value is -2.67. The fourth-order valence-electron chi connectivity index (χ4n) is 3.11. The van der Waals surface area contributed by atoms with Gasteiger partial charge in [-0.3, -0.25) is 0 Å². The number of amides is 2. The smallest absolute Gasteiger partial charge is 0.338 e. The summed E-state index contributed by atoms with van der Waals surface area (Å²) in [4.78, 5) is 24.8. The van der Waals surface area contributed by atoms with Gasteiger partial charge in [-0.2, -0.15) is 0 Å².